The minimum Gasteiger partial charge on any atom is -0.384 e. The van der Waals surface area contributed by atoms with Crippen molar-refractivity contribution in [2.45, 2.75) is 24.4 Å². The van der Waals surface area contributed by atoms with Crippen LogP contribution in [0.2, 0.25) is 0 Å². The standard InChI is InChI=1S/C10H16O4/c1-11-3-5-6(4-12-2)8-10-9(14-10)7(5)13-8/h5-10H,3-4H2,1-2H3/t5-,6+,7-,8+,9-,10-/m1/s1. The Hall–Kier alpha value is -0.160. The topological polar surface area (TPSA) is 40.2 Å². The van der Waals surface area contributed by atoms with Crippen molar-refractivity contribution in [3.63, 3.8) is 0 Å². The molecule has 0 saturated carbocycles. The summed E-state index contributed by atoms with van der Waals surface area (Å²) >= 11 is 0. The Morgan fingerprint density at radius 3 is 1.64 bits per heavy atom. The predicted molar refractivity (Wildman–Crippen MR) is 48.1 cm³/mol. The molecule has 3 heterocycles. The summed E-state index contributed by atoms with van der Waals surface area (Å²) in [6.45, 7) is 1.50. The fourth-order valence-electron chi connectivity index (χ4n) is 3.00. The molecule has 0 amide bonds. The number of hydrogen-bond acceptors (Lipinski definition) is 4. The van der Waals surface area contributed by atoms with Gasteiger partial charge in [0.25, 0.3) is 0 Å². The van der Waals surface area contributed by atoms with E-state index >= 15 is 0 Å². The Bertz CT molecular complexity index is 210. The van der Waals surface area contributed by atoms with Crippen LogP contribution in [0.25, 0.3) is 0 Å². The van der Waals surface area contributed by atoms with Gasteiger partial charge in [-0.2, -0.15) is 0 Å². The fraction of sp³-hybridized carbons (Fsp3) is 1.00. The normalized spacial score (nSPS) is 53.6. The second-order valence-corrected chi connectivity index (χ2v) is 4.37. The first-order valence-corrected chi connectivity index (χ1v) is 5.15. The van der Waals surface area contributed by atoms with Crippen molar-refractivity contribution in [1.29, 1.82) is 0 Å². The molecule has 2 bridgehead atoms. The number of fused-ring (bicyclic) bond motifs is 5. The molecule has 0 radical (unpaired) electrons. The molecule has 14 heavy (non-hydrogen) atoms. The molecule has 6 atom stereocenters. The lowest BCUT2D eigenvalue weighted by Crippen LogP contribution is -2.37. The lowest BCUT2D eigenvalue weighted by molar-refractivity contribution is -0.00242. The molecular weight excluding hydrogens is 184 g/mol. The summed E-state index contributed by atoms with van der Waals surface area (Å²) in [4.78, 5) is 0. The Kier molecular flexibility index (Phi) is 2.06. The van der Waals surface area contributed by atoms with Crippen LogP contribution in [-0.2, 0) is 18.9 Å². The molecule has 0 aromatic rings. The van der Waals surface area contributed by atoms with Gasteiger partial charge in [-0.05, 0) is 0 Å². The molecule has 0 aromatic heterocycles. The van der Waals surface area contributed by atoms with Crippen molar-refractivity contribution in [2.24, 2.45) is 11.8 Å². The smallest absolute Gasteiger partial charge is 0.113 e. The zero-order valence-corrected chi connectivity index (χ0v) is 8.51. The highest BCUT2D eigenvalue weighted by Crippen LogP contribution is 2.53. The Morgan fingerprint density at radius 2 is 1.21 bits per heavy atom. The third-order valence-electron chi connectivity index (χ3n) is 3.64. The van der Waals surface area contributed by atoms with Gasteiger partial charge in [0.15, 0.2) is 0 Å². The maximum atomic E-state index is 5.88. The minimum absolute atomic E-state index is 0.255. The summed E-state index contributed by atoms with van der Waals surface area (Å²) < 4.78 is 21.9. The van der Waals surface area contributed by atoms with E-state index in [1.807, 2.05) is 0 Å². The minimum atomic E-state index is 0.255. The molecule has 80 valence electrons. The molecule has 0 spiro atoms. The molecule has 3 saturated heterocycles. The molecule has 0 N–H and O–H groups in total. The highest BCUT2D eigenvalue weighted by molar-refractivity contribution is 5.14. The highest BCUT2D eigenvalue weighted by atomic mass is 16.7. The van der Waals surface area contributed by atoms with Gasteiger partial charge in [0.2, 0.25) is 0 Å². The van der Waals surface area contributed by atoms with Crippen molar-refractivity contribution >= 4 is 0 Å². The quantitative estimate of drug-likeness (QED) is 0.602. The number of ether oxygens (including phenoxy) is 4. The number of epoxide rings is 1. The molecule has 3 aliphatic heterocycles. The van der Waals surface area contributed by atoms with Crippen LogP contribution in [0.15, 0.2) is 0 Å². The lowest BCUT2D eigenvalue weighted by atomic mass is 9.80. The van der Waals surface area contributed by atoms with Crippen molar-refractivity contribution < 1.29 is 18.9 Å². The monoisotopic (exact) mass is 200 g/mol. The van der Waals surface area contributed by atoms with E-state index in [0.29, 0.717) is 24.0 Å². The Balaban J connectivity index is 1.74. The van der Waals surface area contributed by atoms with Gasteiger partial charge in [-0.3, -0.25) is 0 Å². The molecule has 0 unspecified atom stereocenters. The van der Waals surface area contributed by atoms with Gasteiger partial charge >= 0.3 is 0 Å². The Morgan fingerprint density at radius 1 is 0.786 bits per heavy atom. The largest absolute Gasteiger partial charge is 0.384 e. The first-order chi connectivity index (χ1) is 6.86. The van der Waals surface area contributed by atoms with Crippen LogP contribution in [0.5, 0.6) is 0 Å². The van der Waals surface area contributed by atoms with Gasteiger partial charge in [0, 0.05) is 26.1 Å². The first-order valence-electron chi connectivity index (χ1n) is 5.15. The third-order valence-corrected chi connectivity index (χ3v) is 3.64. The van der Waals surface area contributed by atoms with Crippen molar-refractivity contribution in [1.82, 2.24) is 0 Å². The average Bonchev–Trinajstić information content (AvgIpc) is 2.82. The van der Waals surface area contributed by atoms with Gasteiger partial charge in [0.05, 0.1) is 25.4 Å². The maximum absolute atomic E-state index is 5.88. The van der Waals surface area contributed by atoms with E-state index in [2.05, 4.69) is 0 Å². The van der Waals surface area contributed by atoms with E-state index in [-0.39, 0.29) is 12.2 Å². The van der Waals surface area contributed by atoms with Crippen LogP contribution < -0.4 is 0 Å². The van der Waals surface area contributed by atoms with Gasteiger partial charge in [-0.1, -0.05) is 0 Å². The van der Waals surface area contributed by atoms with Crippen LogP contribution >= 0.6 is 0 Å². The van der Waals surface area contributed by atoms with E-state index in [4.69, 9.17) is 18.9 Å². The van der Waals surface area contributed by atoms with Crippen molar-refractivity contribution in [3.05, 3.63) is 0 Å². The SMILES string of the molecule is COC[C@@H]1[C@H](COC)[C@@H]2O[C@H]1[C@H]1O[C@@H]12. The number of hydrogen-bond donors (Lipinski definition) is 0. The second kappa shape index (κ2) is 3.17. The lowest BCUT2D eigenvalue weighted by Gasteiger charge is -2.24. The van der Waals surface area contributed by atoms with Crippen LogP contribution in [0.3, 0.4) is 0 Å². The second-order valence-electron chi connectivity index (χ2n) is 4.37. The van der Waals surface area contributed by atoms with Gasteiger partial charge in [-0.25, -0.2) is 0 Å². The van der Waals surface area contributed by atoms with Gasteiger partial charge in [-0.15, -0.1) is 0 Å². The molecule has 4 heteroatoms. The summed E-state index contributed by atoms with van der Waals surface area (Å²) in [5.41, 5.74) is 0. The first kappa shape index (κ1) is 9.09. The molecule has 0 aromatic carbocycles. The van der Waals surface area contributed by atoms with Crippen LogP contribution in [0.4, 0.5) is 0 Å². The fourth-order valence-corrected chi connectivity index (χ4v) is 3.00. The van der Waals surface area contributed by atoms with Crippen molar-refractivity contribution in [2.75, 3.05) is 27.4 Å². The van der Waals surface area contributed by atoms with E-state index in [1.54, 1.807) is 14.2 Å². The summed E-state index contributed by atoms with van der Waals surface area (Å²) in [6, 6.07) is 0. The van der Waals surface area contributed by atoms with Crippen LogP contribution in [-0.4, -0.2) is 51.8 Å². The summed E-state index contributed by atoms with van der Waals surface area (Å²) in [7, 11) is 3.47. The average molecular weight is 200 g/mol. The summed E-state index contributed by atoms with van der Waals surface area (Å²) in [5.74, 6) is 0.905. The highest BCUT2D eigenvalue weighted by Gasteiger charge is 2.68. The van der Waals surface area contributed by atoms with E-state index in [9.17, 15) is 0 Å². The predicted octanol–water partition coefficient (Wildman–Crippen LogP) is 0.0600. The molecule has 4 nitrogen and oxygen atoms in total. The van der Waals surface area contributed by atoms with E-state index < -0.39 is 0 Å². The third kappa shape index (κ3) is 1.08. The van der Waals surface area contributed by atoms with Crippen molar-refractivity contribution in [3.8, 4) is 0 Å². The maximum Gasteiger partial charge on any atom is 0.113 e. The molecule has 3 aliphatic rings. The number of methoxy groups -OCH3 is 2. The molecule has 3 fully saturated rings. The molecule has 0 aliphatic carbocycles. The van der Waals surface area contributed by atoms with Gasteiger partial charge < -0.3 is 18.9 Å². The summed E-state index contributed by atoms with van der Waals surface area (Å²) in [5, 5.41) is 0. The van der Waals surface area contributed by atoms with Gasteiger partial charge in [0.1, 0.15) is 12.2 Å². The molecule has 3 rings (SSSR count). The Labute approximate surface area is 83.5 Å². The van der Waals surface area contributed by atoms with E-state index in [0.717, 1.165) is 13.2 Å². The number of rotatable bonds is 4. The van der Waals surface area contributed by atoms with E-state index in [1.165, 1.54) is 0 Å². The summed E-state index contributed by atoms with van der Waals surface area (Å²) in [6.07, 6.45) is 1.22. The van der Waals surface area contributed by atoms with Crippen LogP contribution in [0.1, 0.15) is 0 Å². The zero-order chi connectivity index (χ0) is 9.71. The molecular formula is C10H16O4. The zero-order valence-electron chi connectivity index (χ0n) is 8.51. The van der Waals surface area contributed by atoms with Crippen LogP contribution in [0, 0.1) is 11.8 Å².